The van der Waals surface area contributed by atoms with E-state index in [0.29, 0.717) is 46.3 Å². The average molecular weight is 606 g/mol. The number of nitrogens with zero attached hydrogens (tertiary/aromatic N) is 3. The standard InChI is InChI=1S/C31H26Cl2N4O3S/c1-17-12-19(16-41-28-14-20(32)10-11-23(28)33)18(2)21(13-17)29-22(15-34)31(35)36(26-8-5-9-27(38)30(26)29)24-6-3-4-7-25(24)37(39)40/h3-4,6-7,10-14,29H,5,8-9,16,35H2,1-2H3. The van der Waals surface area contributed by atoms with Crippen LogP contribution in [-0.4, -0.2) is 10.7 Å². The van der Waals surface area contributed by atoms with Gasteiger partial charge in [-0.3, -0.25) is 19.8 Å². The molecular formula is C31H26Cl2N4O3S. The molecule has 2 N–H and O–H groups in total. The van der Waals surface area contributed by atoms with Gasteiger partial charge in [-0.1, -0.05) is 53.0 Å². The second-order valence-corrected chi connectivity index (χ2v) is 11.9. The fraction of sp³-hybridized carbons (Fsp3) is 0.226. The average Bonchev–Trinajstić information content (AvgIpc) is 2.94. The van der Waals surface area contributed by atoms with E-state index in [1.54, 1.807) is 47.0 Å². The van der Waals surface area contributed by atoms with Crippen molar-refractivity contribution in [1.82, 2.24) is 0 Å². The van der Waals surface area contributed by atoms with Gasteiger partial charge >= 0.3 is 0 Å². The first-order valence-electron chi connectivity index (χ1n) is 13.0. The number of nitro groups is 1. The van der Waals surface area contributed by atoms with Crippen LogP contribution in [0.4, 0.5) is 11.4 Å². The van der Waals surface area contributed by atoms with Gasteiger partial charge < -0.3 is 5.73 Å². The minimum Gasteiger partial charge on any atom is -0.384 e. The summed E-state index contributed by atoms with van der Waals surface area (Å²) in [4.78, 5) is 27.4. The number of hydrogen-bond donors (Lipinski definition) is 1. The fourth-order valence-corrected chi connectivity index (χ4v) is 7.18. The van der Waals surface area contributed by atoms with Gasteiger partial charge in [0.1, 0.15) is 11.5 Å². The van der Waals surface area contributed by atoms with Gasteiger partial charge in [0.15, 0.2) is 5.78 Å². The lowest BCUT2D eigenvalue weighted by atomic mass is 9.73. The van der Waals surface area contributed by atoms with Gasteiger partial charge in [0.2, 0.25) is 0 Å². The first-order valence-corrected chi connectivity index (χ1v) is 14.7. The van der Waals surface area contributed by atoms with Crippen LogP contribution < -0.4 is 10.6 Å². The fourth-order valence-electron chi connectivity index (χ4n) is 5.64. The molecule has 2 aliphatic rings. The monoisotopic (exact) mass is 604 g/mol. The molecule has 41 heavy (non-hydrogen) atoms. The zero-order valence-electron chi connectivity index (χ0n) is 22.4. The molecule has 0 saturated heterocycles. The molecule has 0 aromatic heterocycles. The molecule has 3 aromatic carbocycles. The number of allylic oxidation sites excluding steroid dienone is 3. The summed E-state index contributed by atoms with van der Waals surface area (Å²) >= 11 is 14.1. The summed E-state index contributed by atoms with van der Waals surface area (Å²) in [6, 6.07) is 17.9. The largest absolute Gasteiger partial charge is 0.384 e. The zero-order chi connectivity index (χ0) is 29.4. The van der Waals surface area contributed by atoms with E-state index in [9.17, 15) is 20.2 Å². The molecule has 0 spiro atoms. The molecule has 5 rings (SSSR count). The second kappa shape index (κ2) is 11.6. The van der Waals surface area contributed by atoms with Crippen LogP contribution in [0.15, 0.2) is 82.2 Å². The molecular weight excluding hydrogens is 579 g/mol. The Morgan fingerprint density at radius 3 is 2.63 bits per heavy atom. The molecule has 10 heteroatoms. The highest BCUT2D eigenvalue weighted by Gasteiger charge is 2.42. The van der Waals surface area contributed by atoms with Crippen LogP contribution in [0.25, 0.3) is 0 Å². The van der Waals surface area contributed by atoms with E-state index in [4.69, 9.17) is 28.9 Å². The predicted octanol–water partition coefficient (Wildman–Crippen LogP) is 8.12. The third kappa shape index (κ3) is 5.33. The number of ketones is 1. The number of halogens is 2. The van der Waals surface area contributed by atoms with Crippen molar-refractivity contribution >= 4 is 52.1 Å². The Hall–Kier alpha value is -3.77. The van der Waals surface area contributed by atoms with Gasteiger partial charge in [-0.15, -0.1) is 11.8 Å². The van der Waals surface area contributed by atoms with Gasteiger partial charge in [-0.05, 0) is 67.6 Å². The van der Waals surface area contributed by atoms with E-state index >= 15 is 0 Å². The van der Waals surface area contributed by atoms with E-state index in [2.05, 4.69) is 12.1 Å². The van der Waals surface area contributed by atoms with E-state index in [0.717, 1.165) is 27.1 Å². The van der Waals surface area contributed by atoms with Gasteiger partial charge in [0.05, 0.1) is 27.5 Å². The summed E-state index contributed by atoms with van der Waals surface area (Å²) in [5, 5.41) is 23.6. The van der Waals surface area contributed by atoms with Crippen LogP contribution in [-0.2, 0) is 10.5 Å². The number of carbonyl (C=O) groups excluding carboxylic acids is 1. The number of carbonyl (C=O) groups is 1. The summed E-state index contributed by atoms with van der Waals surface area (Å²) in [6.07, 6.45) is 1.43. The van der Waals surface area contributed by atoms with Crippen molar-refractivity contribution in [2.45, 2.75) is 49.7 Å². The molecule has 208 valence electrons. The Morgan fingerprint density at radius 2 is 1.90 bits per heavy atom. The molecule has 0 bridgehead atoms. The second-order valence-electron chi connectivity index (χ2n) is 10.1. The highest BCUT2D eigenvalue weighted by Crippen LogP contribution is 2.49. The van der Waals surface area contributed by atoms with Crippen LogP contribution in [0.1, 0.15) is 47.4 Å². The number of aryl methyl sites for hydroxylation is 1. The van der Waals surface area contributed by atoms with Gasteiger partial charge in [-0.2, -0.15) is 5.26 Å². The van der Waals surface area contributed by atoms with Crippen molar-refractivity contribution in [2.24, 2.45) is 5.73 Å². The number of Topliss-reactive ketones (excluding diaryl/α,β-unsaturated/α-hetero) is 1. The zero-order valence-corrected chi connectivity index (χ0v) is 24.7. The van der Waals surface area contributed by atoms with E-state index < -0.39 is 10.8 Å². The summed E-state index contributed by atoms with van der Waals surface area (Å²) in [7, 11) is 0. The molecule has 0 fully saturated rings. The van der Waals surface area contributed by atoms with Crippen molar-refractivity contribution in [3.8, 4) is 6.07 Å². The number of hydrogen-bond acceptors (Lipinski definition) is 7. The highest BCUT2D eigenvalue weighted by molar-refractivity contribution is 7.98. The Labute approximate surface area is 252 Å². The van der Waals surface area contributed by atoms with Crippen molar-refractivity contribution < 1.29 is 9.72 Å². The van der Waals surface area contributed by atoms with Crippen molar-refractivity contribution in [1.29, 1.82) is 5.26 Å². The number of nitriles is 1. The normalized spacial score (nSPS) is 17.0. The minimum absolute atomic E-state index is 0.0809. The van der Waals surface area contributed by atoms with E-state index in [1.165, 1.54) is 6.07 Å². The molecule has 1 aliphatic carbocycles. The van der Waals surface area contributed by atoms with Crippen molar-refractivity contribution in [2.75, 3.05) is 4.90 Å². The third-order valence-electron chi connectivity index (χ3n) is 7.52. The van der Waals surface area contributed by atoms with Gasteiger partial charge in [-0.25, -0.2) is 0 Å². The SMILES string of the molecule is Cc1cc(CSc2cc(Cl)ccc2Cl)c(C)c(C2C(C#N)=C(N)N(c3ccccc3[N+](=O)[O-])C3=C2C(=O)CCC3)c1. The summed E-state index contributed by atoms with van der Waals surface area (Å²) in [6.45, 7) is 3.96. The first kappa shape index (κ1) is 28.7. The topological polar surface area (TPSA) is 113 Å². The number of para-hydroxylation sites is 2. The van der Waals surface area contributed by atoms with E-state index in [-0.39, 0.29) is 28.6 Å². The van der Waals surface area contributed by atoms with Crippen LogP contribution in [0.5, 0.6) is 0 Å². The lowest BCUT2D eigenvalue weighted by Crippen LogP contribution is -2.39. The quantitative estimate of drug-likeness (QED) is 0.172. The van der Waals surface area contributed by atoms with E-state index in [1.807, 2.05) is 26.0 Å². The first-order chi connectivity index (χ1) is 19.6. The Balaban J connectivity index is 1.66. The van der Waals surface area contributed by atoms with Crippen LogP contribution in [0.2, 0.25) is 10.0 Å². The Bertz CT molecular complexity index is 1710. The minimum atomic E-state index is -0.680. The van der Waals surface area contributed by atoms with Crippen LogP contribution >= 0.6 is 35.0 Å². The predicted molar refractivity (Wildman–Crippen MR) is 163 cm³/mol. The molecule has 0 amide bonds. The van der Waals surface area contributed by atoms with Gasteiger partial charge in [0.25, 0.3) is 5.69 Å². The molecule has 0 saturated carbocycles. The summed E-state index contributed by atoms with van der Waals surface area (Å²) < 4.78 is 0. The number of nitro benzene ring substituents is 1. The van der Waals surface area contributed by atoms with Crippen molar-refractivity contribution in [3.63, 3.8) is 0 Å². The van der Waals surface area contributed by atoms with Crippen LogP contribution in [0.3, 0.4) is 0 Å². The maximum absolute atomic E-state index is 13.6. The number of benzene rings is 3. The Morgan fingerprint density at radius 1 is 1.15 bits per heavy atom. The highest BCUT2D eigenvalue weighted by atomic mass is 35.5. The Kier molecular flexibility index (Phi) is 8.14. The number of anilines is 1. The van der Waals surface area contributed by atoms with Crippen LogP contribution in [0, 0.1) is 35.3 Å². The molecule has 1 unspecified atom stereocenters. The third-order valence-corrected chi connectivity index (χ3v) is 9.30. The number of thioether (sulfide) groups is 1. The molecule has 1 aliphatic heterocycles. The number of rotatable bonds is 6. The molecule has 1 atom stereocenters. The molecule has 1 heterocycles. The van der Waals surface area contributed by atoms with Gasteiger partial charge in [0, 0.05) is 39.4 Å². The smallest absolute Gasteiger partial charge is 0.293 e. The maximum atomic E-state index is 13.6. The molecule has 7 nitrogen and oxygen atoms in total. The lowest BCUT2D eigenvalue weighted by molar-refractivity contribution is -0.384. The molecule has 3 aromatic rings. The summed E-state index contributed by atoms with van der Waals surface area (Å²) in [5.74, 6) is -0.0676. The molecule has 0 radical (unpaired) electrons. The lowest BCUT2D eigenvalue weighted by Gasteiger charge is -2.39. The van der Waals surface area contributed by atoms with Crippen molar-refractivity contribution in [3.05, 3.63) is 120 Å². The maximum Gasteiger partial charge on any atom is 0.293 e. The summed E-state index contributed by atoms with van der Waals surface area (Å²) in [5.41, 5.74) is 11.8. The number of nitrogens with two attached hydrogens (primary N) is 1.